The number of hydrogen-bond acceptors (Lipinski definition) is 5. The molecule has 25 heavy (non-hydrogen) atoms. The number of carbonyl (C=O) groups is 1. The van der Waals surface area contributed by atoms with E-state index in [4.69, 9.17) is 21.7 Å². The number of amides is 1. The van der Waals surface area contributed by atoms with Crippen LogP contribution in [0.15, 0.2) is 39.3 Å². The number of halogens is 2. The van der Waals surface area contributed by atoms with Crippen molar-refractivity contribution in [1.29, 1.82) is 0 Å². The minimum absolute atomic E-state index is 0.0727. The van der Waals surface area contributed by atoms with Gasteiger partial charge in [0.05, 0.1) is 28.7 Å². The first-order valence-corrected chi connectivity index (χ1v) is 8.87. The summed E-state index contributed by atoms with van der Waals surface area (Å²) in [5.74, 6) is 0.597. The molecule has 1 amide bonds. The molecule has 2 rings (SSSR count). The summed E-state index contributed by atoms with van der Waals surface area (Å²) in [5, 5.41) is 15.3. The van der Waals surface area contributed by atoms with Crippen molar-refractivity contribution in [2.75, 3.05) is 19.5 Å². The number of benzene rings is 2. The molecule has 3 N–H and O–H groups in total. The minimum Gasteiger partial charge on any atom is -0.506 e. The predicted molar refractivity (Wildman–Crippen MR) is 107 cm³/mol. The zero-order chi connectivity index (χ0) is 18.6. The van der Waals surface area contributed by atoms with Crippen molar-refractivity contribution in [3.63, 3.8) is 0 Å². The second-order valence-corrected chi connectivity index (χ2v) is 6.88. The SMILES string of the molecule is COc1ccc(C(=O)NC(=S)Nc2cc(Br)c(O)c(Br)c2)c(OC)c1. The lowest BCUT2D eigenvalue weighted by atomic mass is 10.2. The number of rotatable bonds is 4. The zero-order valence-corrected chi connectivity index (χ0v) is 17.2. The van der Waals surface area contributed by atoms with Crippen molar-refractivity contribution in [1.82, 2.24) is 5.32 Å². The Morgan fingerprint density at radius 1 is 1.12 bits per heavy atom. The molecule has 0 radical (unpaired) electrons. The maximum absolute atomic E-state index is 12.4. The Hall–Kier alpha value is -1.84. The lowest BCUT2D eigenvalue weighted by molar-refractivity contribution is 0.0974. The van der Waals surface area contributed by atoms with Gasteiger partial charge in [0.1, 0.15) is 17.2 Å². The monoisotopic (exact) mass is 488 g/mol. The Morgan fingerprint density at radius 2 is 1.76 bits per heavy atom. The van der Waals surface area contributed by atoms with Gasteiger partial charge in [0.2, 0.25) is 0 Å². The third-order valence-electron chi connectivity index (χ3n) is 3.16. The first-order chi connectivity index (χ1) is 11.8. The molecule has 6 nitrogen and oxygen atoms in total. The molecule has 0 heterocycles. The fourth-order valence-electron chi connectivity index (χ4n) is 1.96. The number of aromatic hydroxyl groups is 1. The molecule has 0 unspecified atom stereocenters. The number of nitrogens with one attached hydrogen (secondary N) is 2. The Morgan fingerprint density at radius 3 is 2.32 bits per heavy atom. The van der Waals surface area contributed by atoms with Gasteiger partial charge < -0.3 is 19.9 Å². The van der Waals surface area contributed by atoms with E-state index < -0.39 is 5.91 Å². The number of phenolic OH excluding ortho intramolecular Hbond substituents is 1. The molecule has 2 aromatic rings. The summed E-state index contributed by atoms with van der Waals surface area (Å²) in [4.78, 5) is 12.4. The minimum atomic E-state index is -0.422. The van der Waals surface area contributed by atoms with Gasteiger partial charge in [0.25, 0.3) is 5.91 Å². The lowest BCUT2D eigenvalue weighted by Gasteiger charge is -2.13. The van der Waals surface area contributed by atoms with E-state index in [-0.39, 0.29) is 10.9 Å². The molecule has 2 aromatic carbocycles. The van der Waals surface area contributed by atoms with Crippen LogP contribution in [0.25, 0.3) is 0 Å². The number of methoxy groups -OCH3 is 2. The number of ether oxygens (including phenoxy) is 2. The summed E-state index contributed by atoms with van der Waals surface area (Å²) in [6, 6.07) is 8.12. The van der Waals surface area contributed by atoms with Gasteiger partial charge in [-0.1, -0.05) is 0 Å². The molecule has 0 aliphatic carbocycles. The van der Waals surface area contributed by atoms with Crippen LogP contribution in [-0.2, 0) is 0 Å². The van der Waals surface area contributed by atoms with Crippen molar-refractivity contribution in [2.45, 2.75) is 0 Å². The van der Waals surface area contributed by atoms with Crippen LogP contribution in [0.2, 0.25) is 0 Å². The summed E-state index contributed by atoms with van der Waals surface area (Å²) in [6.45, 7) is 0. The van der Waals surface area contributed by atoms with E-state index in [0.717, 1.165) is 0 Å². The first kappa shape index (κ1) is 19.5. The van der Waals surface area contributed by atoms with E-state index in [1.165, 1.54) is 14.2 Å². The first-order valence-electron chi connectivity index (χ1n) is 6.88. The van der Waals surface area contributed by atoms with Gasteiger partial charge in [0, 0.05) is 11.8 Å². The molecule has 0 saturated heterocycles. The third-order valence-corrected chi connectivity index (χ3v) is 4.57. The highest BCUT2D eigenvalue weighted by molar-refractivity contribution is 9.11. The van der Waals surface area contributed by atoms with E-state index in [1.54, 1.807) is 30.3 Å². The summed E-state index contributed by atoms with van der Waals surface area (Å²) in [6.07, 6.45) is 0. The van der Waals surface area contributed by atoms with Crippen molar-refractivity contribution < 1.29 is 19.4 Å². The molecule has 0 fully saturated rings. The van der Waals surface area contributed by atoms with Crippen molar-refractivity contribution in [2.24, 2.45) is 0 Å². The molecule has 0 saturated carbocycles. The van der Waals surface area contributed by atoms with Gasteiger partial charge in [-0.15, -0.1) is 0 Å². The van der Waals surface area contributed by atoms with Crippen molar-refractivity contribution >= 4 is 60.8 Å². The second-order valence-electron chi connectivity index (χ2n) is 4.76. The zero-order valence-electron chi connectivity index (χ0n) is 13.2. The highest BCUT2D eigenvalue weighted by atomic mass is 79.9. The average molecular weight is 490 g/mol. The van der Waals surface area contributed by atoms with E-state index in [2.05, 4.69) is 42.5 Å². The highest BCUT2D eigenvalue weighted by Crippen LogP contribution is 2.35. The predicted octanol–water partition coefficient (Wildman–Crippen LogP) is 4.06. The number of anilines is 1. The molecule has 0 aromatic heterocycles. The molecule has 0 aliphatic heterocycles. The molecule has 9 heteroatoms. The average Bonchev–Trinajstić information content (AvgIpc) is 2.58. The number of hydrogen-bond donors (Lipinski definition) is 3. The van der Waals surface area contributed by atoms with Gasteiger partial charge >= 0.3 is 0 Å². The highest BCUT2D eigenvalue weighted by Gasteiger charge is 2.15. The van der Waals surface area contributed by atoms with E-state index in [1.807, 2.05) is 0 Å². The third kappa shape index (κ3) is 4.83. The summed E-state index contributed by atoms with van der Waals surface area (Å²) < 4.78 is 11.3. The maximum atomic E-state index is 12.4. The summed E-state index contributed by atoms with van der Waals surface area (Å²) in [7, 11) is 3.00. The molecular weight excluding hydrogens is 476 g/mol. The Labute approximate surface area is 166 Å². The van der Waals surface area contributed by atoms with Gasteiger partial charge in [-0.05, 0) is 68.3 Å². The van der Waals surface area contributed by atoms with Crippen LogP contribution in [0, 0.1) is 0 Å². The topological polar surface area (TPSA) is 79.8 Å². The fourth-order valence-corrected chi connectivity index (χ4v) is 3.35. The molecular formula is C16H14Br2N2O4S. The normalized spacial score (nSPS) is 10.1. The van der Waals surface area contributed by atoms with Crippen LogP contribution in [0.4, 0.5) is 5.69 Å². The molecule has 0 atom stereocenters. The van der Waals surface area contributed by atoms with E-state index in [0.29, 0.717) is 31.7 Å². The Balaban J connectivity index is 2.12. The fraction of sp³-hybridized carbons (Fsp3) is 0.125. The Bertz CT molecular complexity index is 807. The van der Waals surface area contributed by atoms with Crippen LogP contribution in [-0.4, -0.2) is 30.3 Å². The molecule has 0 aliphatic rings. The van der Waals surface area contributed by atoms with Gasteiger partial charge in [-0.2, -0.15) is 0 Å². The van der Waals surface area contributed by atoms with Crippen LogP contribution < -0.4 is 20.1 Å². The van der Waals surface area contributed by atoms with E-state index in [9.17, 15) is 9.90 Å². The number of thiocarbonyl (C=S) groups is 1. The summed E-state index contributed by atoms with van der Waals surface area (Å²) >= 11 is 11.6. The van der Waals surface area contributed by atoms with Crippen LogP contribution in [0.5, 0.6) is 17.2 Å². The standard InChI is InChI=1S/C16H14Br2N2O4S/c1-23-9-3-4-10(13(7-9)24-2)15(22)20-16(25)19-8-5-11(17)14(21)12(18)6-8/h3-7,21H,1-2H3,(H2,19,20,22,25). The van der Waals surface area contributed by atoms with Crippen molar-refractivity contribution in [3.8, 4) is 17.2 Å². The largest absolute Gasteiger partial charge is 0.506 e. The molecule has 0 spiro atoms. The number of phenols is 1. The summed E-state index contributed by atoms with van der Waals surface area (Å²) in [5.41, 5.74) is 0.907. The van der Waals surface area contributed by atoms with Gasteiger partial charge in [-0.25, -0.2) is 0 Å². The number of carbonyl (C=O) groups excluding carboxylic acids is 1. The quantitative estimate of drug-likeness (QED) is 0.444. The van der Waals surface area contributed by atoms with Gasteiger partial charge in [-0.3, -0.25) is 10.1 Å². The molecule has 132 valence electrons. The Kier molecular flexibility index (Phi) is 6.63. The van der Waals surface area contributed by atoms with Crippen molar-refractivity contribution in [3.05, 3.63) is 44.8 Å². The van der Waals surface area contributed by atoms with Crippen LogP contribution in [0.1, 0.15) is 10.4 Å². The lowest BCUT2D eigenvalue weighted by Crippen LogP contribution is -2.34. The maximum Gasteiger partial charge on any atom is 0.261 e. The molecule has 0 bridgehead atoms. The van der Waals surface area contributed by atoms with Gasteiger partial charge in [0.15, 0.2) is 5.11 Å². The second kappa shape index (κ2) is 8.50. The van der Waals surface area contributed by atoms with Crippen LogP contribution >= 0.6 is 44.1 Å². The van der Waals surface area contributed by atoms with E-state index >= 15 is 0 Å². The smallest absolute Gasteiger partial charge is 0.261 e. The van der Waals surface area contributed by atoms with Crippen LogP contribution in [0.3, 0.4) is 0 Å².